The van der Waals surface area contributed by atoms with E-state index >= 15 is 0 Å². The largest absolute Gasteiger partial charge is 0.326 e. The molecule has 0 spiro atoms. The van der Waals surface area contributed by atoms with E-state index in [-0.39, 0.29) is 11.8 Å². The third kappa shape index (κ3) is 4.78. The molecule has 2 amide bonds. The summed E-state index contributed by atoms with van der Waals surface area (Å²) in [6.07, 6.45) is 3.08. The van der Waals surface area contributed by atoms with Crippen LogP contribution in [-0.2, 0) is 4.79 Å². The molecular formula is C22H17FN6O2. The summed E-state index contributed by atoms with van der Waals surface area (Å²) < 4.78 is 14.5. The van der Waals surface area contributed by atoms with E-state index in [1.807, 2.05) is 12.1 Å². The van der Waals surface area contributed by atoms with Crippen LogP contribution in [0.25, 0.3) is 16.9 Å². The van der Waals surface area contributed by atoms with Gasteiger partial charge in [0.25, 0.3) is 5.91 Å². The summed E-state index contributed by atoms with van der Waals surface area (Å²) in [6.45, 7) is 1.42. The topological polar surface area (TPSA) is 102 Å². The van der Waals surface area contributed by atoms with Gasteiger partial charge in [0.15, 0.2) is 0 Å². The van der Waals surface area contributed by atoms with Gasteiger partial charge < -0.3 is 10.6 Å². The molecule has 0 saturated heterocycles. The van der Waals surface area contributed by atoms with Crippen LogP contribution in [0.3, 0.4) is 0 Å². The Kier molecular flexibility index (Phi) is 5.48. The standard InChI is InChI=1S/C22H17FN6O2/c1-14(30)25-17-8-4-16(5-9-17)22(31)26-18-6-2-15(3-7-18)20-13-29(28-27-20)19-10-11-21(23)24-12-19/h2-13H,1H3,(H,25,30)(H,26,31). The number of halogens is 1. The minimum absolute atomic E-state index is 0.174. The van der Waals surface area contributed by atoms with Gasteiger partial charge in [-0.3, -0.25) is 9.59 Å². The lowest BCUT2D eigenvalue weighted by Gasteiger charge is -2.07. The van der Waals surface area contributed by atoms with Gasteiger partial charge in [0.2, 0.25) is 11.9 Å². The van der Waals surface area contributed by atoms with Crippen LogP contribution < -0.4 is 10.6 Å². The van der Waals surface area contributed by atoms with Gasteiger partial charge >= 0.3 is 0 Å². The second kappa shape index (κ2) is 8.54. The molecule has 2 aromatic heterocycles. The number of carbonyl (C=O) groups excluding carboxylic acids is 2. The molecule has 8 nitrogen and oxygen atoms in total. The highest BCUT2D eigenvalue weighted by Crippen LogP contribution is 2.21. The Balaban J connectivity index is 1.43. The molecule has 31 heavy (non-hydrogen) atoms. The maximum atomic E-state index is 13.0. The zero-order valence-corrected chi connectivity index (χ0v) is 16.4. The normalized spacial score (nSPS) is 10.5. The smallest absolute Gasteiger partial charge is 0.255 e. The van der Waals surface area contributed by atoms with Crippen molar-refractivity contribution in [2.24, 2.45) is 0 Å². The molecule has 4 aromatic rings. The van der Waals surface area contributed by atoms with E-state index in [0.29, 0.717) is 28.3 Å². The van der Waals surface area contributed by atoms with Gasteiger partial charge in [-0.25, -0.2) is 9.67 Å². The monoisotopic (exact) mass is 416 g/mol. The highest BCUT2D eigenvalue weighted by atomic mass is 19.1. The number of anilines is 2. The van der Waals surface area contributed by atoms with Crippen molar-refractivity contribution >= 4 is 23.2 Å². The third-order valence-electron chi connectivity index (χ3n) is 4.38. The molecule has 154 valence electrons. The molecule has 0 atom stereocenters. The molecule has 2 aromatic carbocycles. The first kappa shape index (κ1) is 19.9. The van der Waals surface area contributed by atoms with Crippen molar-refractivity contribution in [2.45, 2.75) is 6.92 Å². The number of rotatable bonds is 5. The second-order valence-electron chi connectivity index (χ2n) is 6.68. The number of aromatic nitrogens is 4. The molecule has 0 aliphatic carbocycles. The number of hydrogen-bond donors (Lipinski definition) is 2. The lowest BCUT2D eigenvalue weighted by atomic mass is 10.1. The summed E-state index contributed by atoms with van der Waals surface area (Å²) in [6, 6.07) is 16.6. The predicted octanol–water partition coefficient (Wildman–Crippen LogP) is 3.68. The van der Waals surface area contributed by atoms with Crippen molar-refractivity contribution in [1.82, 2.24) is 20.0 Å². The Bertz CT molecular complexity index is 1220. The fourth-order valence-corrected chi connectivity index (χ4v) is 2.86. The first-order valence-corrected chi connectivity index (χ1v) is 9.32. The summed E-state index contributed by atoms with van der Waals surface area (Å²) in [4.78, 5) is 27.1. The van der Waals surface area contributed by atoms with Crippen LogP contribution in [0.15, 0.2) is 73.1 Å². The minimum atomic E-state index is -0.564. The summed E-state index contributed by atoms with van der Waals surface area (Å²) in [5.41, 5.74) is 3.73. The zero-order valence-electron chi connectivity index (χ0n) is 16.4. The predicted molar refractivity (Wildman–Crippen MR) is 113 cm³/mol. The molecule has 0 aliphatic rings. The number of carbonyl (C=O) groups is 2. The fourth-order valence-electron chi connectivity index (χ4n) is 2.86. The number of nitrogens with zero attached hydrogens (tertiary/aromatic N) is 4. The molecule has 2 heterocycles. The minimum Gasteiger partial charge on any atom is -0.326 e. The molecule has 0 saturated carbocycles. The van der Waals surface area contributed by atoms with Gasteiger partial charge in [-0.15, -0.1) is 5.10 Å². The lowest BCUT2D eigenvalue weighted by molar-refractivity contribution is -0.114. The van der Waals surface area contributed by atoms with Gasteiger partial charge in [-0.2, -0.15) is 4.39 Å². The van der Waals surface area contributed by atoms with Crippen LogP contribution in [0.4, 0.5) is 15.8 Å². The lowest BCUT2D eigenvalue weighted by Crippen LogP contribution is -2.12. The van der Waals surface area contributed by atoms with E-state index in [1.165, 1.54) is 23.9 Å². The Morgan fingerprint density at radius 3 is 2.23 bits per heavy atom. The molecule has 0 bridgehead atoms. The van der Waals surface area contributed by atoms with Crippen LogP contribution in [0, 0.1) is 5.95 Å². The van der Waals surface area contributed by atoms with Crippen molar-refractivity contribution in [1.29, 1.82) is 0 Å². The first-order valence-electron chi connectivity index (χ1n) is 9.32. The van der Waals surface area contributed by atoms with E-state index in [0.717, 1.165) is 5.56 Å². The summed E-state index contributed by atoms with van der Waals surface area (Å²) in [5.74, 6) is -1.01. The van der Waals surface area contributed by atoms with Crippen LogP contribution in [-0.4, -0.2) is 31.8 Å². The first-order chi connectivity index (χ1) is 15.0. The van der Waals surface area contributed by atoms with Crippen molar-refractivity contribution in [3.8, 4) is 16.9 Å². The van der Waals surface area contributed by atoms with E-state index < -0.39 is 5.95 Å². The van der Waals surface area contributed by atoms with Gasteiger partial charge in [0, 0.05) is 29.4 Å². The highest BCUT2D eigenvalue weighted by Gasteiger charge is 2.09. The molecule has 0 aliphatic heterocycles. The Hall–Kier alpha value is -4.40. The number of nitrogens with one attached hydrogen (secondary N) is 2. The molecule has 0 radical (unpaired) electrons. The molecule has 9 heteroatoms. The fraction of sp³-hybridized carbons (Fsp3) is 0.0455. The number of amides is 2. The average Bonchev–Trinajstić information content (AvgIpc) is 3.25. The summed E-state index contributed by atoms with van der Waals surface area (Å²) in [7, 11) is 0. The van der Waals surface area contributed by atoms with E-state index in [9.17, 15) is 14.0 Å². The molecular weight excluding hydrogens is 399 g/mol. The molecule has 0 fully saturated rings. The zero-order chi connectivity index (χ0) is 21.8. The van der Waals surface area contributed by atoms with E-state index in [2.05, 4.69) is 25.9 Å². The maximum absolute atomic E-state index is 13.0. The average molecular weight is 416 g/mol. The Morgan fingerprint density at radius 1 is 0.903 bits per heavy atom. The van der Waals surface area contributed by atoms with E-state index in [1.54, 1.807) is 48.7 Å². The van der Waals surface area contributed by atoms with Gasteiger partial charge in [0.05, 0.1) is 18.1 Å². The second-order valence-corrected chi connectivity index (χ2v) is 6.68. The summed E-state index contributed by atoms with van der Waals surface area (Å²) in [5, 5.41) is 13.6. The maximum Gasteiger partial charge on any atom is 0.255 e. The number of benzene rings is 2. The number of pyridine rings is 1. The van der Waals surface area contributed by atoms with Gasteiger partial charge in [-0.1, -0.05) is 17.3 Å². The Morgan fingerprint density at radius 2 is 1.58 bits per heavy atom. The Labute approximate surface area is 176 Å². The quantitative estimate of drug-likeness (QED) is 0.483. The van der Waals surface area contributed by atoms with Crippen molar-refractivity contribution in [3.63, 3.8) is 0 Å². The molecule has 2 N–H and O–H groups in total. The van der Waals surface area contributed by atoms with Crippen molar-refractivity contribution in [3.05, 3.63) is 84.6 Å². The molecule has 0 unspecified atom stereocenters. The van der Waals surface area contributed by atoms with Crippen LogP contribution >= 0.6 is 0 Å². The third-order valence-corrected chi connectivity index (χ3v) is 4.38. The van der Waals surface area contributed by atoms with Crippen LogP contribution in [0.1, 0.15) is 17.3 Å². The van der Waals surface area contributed by atoms with Crippen molar-refractivity contribution in [2.75, 3.05) is 10.6 Å². The van der Waals surface area contributed by atoms with Crippen molar-refractivity contribution < 1.29 is 14.0 Å². The van der Waals surface area contributed by atoms with Gasteiger partial charge in [-0.05, 0) is 48.5 Å². The van der Waals surface area contributed by atoms with Gasteiger partial charge in [0.1, 0.15) is 5.69 Å². The van der Waals surface area contributed by atoms with Crippen LogP contribution in [0.5, 0.6) is 0 Å². The highest BCUT2D eigenvalue weighted by molar-refractivity contribution is 6.04. The summed E-state index contributed by atoms with van der Waals surface area (Å²) >= 11 is 0. The molecule has 4 rings (SSSR count). The van der Waals surface area contributed by atoms with Crippen LogP contribution in [0.2, 0.25) is 0 Å². The van der Waals surface area contributed by atoms with E-state index in [4.69, 9.17) is 0 Å². The SMILES string of the molecule is CC(=O)Nc1ccc(C(=O)Nc2ccc(-c3cn(-c4ccc(F)nc4)nn3)cc2)cc1. The number of hydrogen-bond acceptors (Lipinski definition) is 5.